The predicted molar refractivity (Wildman–Crippen MR) is 83.4 cm³/mol. The van der Waals surface area contributed by atoms with Gasteiger partial charge in [-0.25, -0.2) is 0 Å². The van der Waals surface area contributed by atoms with Crippen LogP contribution in [-0.4, -0.2) is 34.7 Å². The van der Waals surface area contributed by atoms with Crippen LogP contribution in [0.1, 0.15) is 79.1 Å². The van der Waals surface area contributed by atoms with Crippen molar-refractivity contribution in [3.63, 3.8) is 0 Å². The second kappa shape index (κ2) is 8.26. The van der Waals surface area contributed by atoms with E-state index in [0.717, 1.165) is 19.5 Å². The molecule has 1 N–H and O–H groups in total. The molecule has 0 aromatic rings. The predicted octanol–water partition coefficient (Wildman–Crippen LogP) is 4.22. The van der Waals surface area contributed by atoms with Crippen LogP contribution in [0.15, 0.2) is 0 Å². The van der Waals surface area contributed by atoms with Crippen LogP contribution in [-0.2, 0) is 0 Å². The van der Waals surface area contributed by atoms with E-state index >= 15 is 0 Å². The highest BCUT2D eigenvalue weighted by Gasteiger charge is 2.35. The lowest BCUT2D eigenvalue weighted by molar-refractivity contribution is -0.0314. The molecule has 1 aliphatic heterocycles. The van der Waals surface area contributed by atoms with Gasteiger partial charge in [-0.1, -0.05) is 46.0 Å². The van der Waals surface area contributed by atoms with Crippen LogP contribution in [0.5, 0.6) is 0 Å². The molecule has 1 heterocycles. The largest absolute Gasteiger partial charge is 0.391 e. The van der Waals surface area contributed by atoms with Crippen molar-refractivity contribution in [2.24, 2.45) is 5.92 Å². The third-order valence-corrected chi connectivity index (χ3v) is 5.09. The molecule has 1 aliphatic rings. The molecule has 1 rings (SSSR count). The van der Waals surface area contributed by atoms with E-state index in [1.54, 1.807) is 0 Å². The van der Waals surface area contributed by atoms with Gasteiger partial charge in [-0.05, 0) is 52.1 Å². The Bertz CT molecular complexity index is 233. The Kier molecular flexibility index (Phi) is 7.38. The molecule has 0 aromatic heterocycles. The first-order valence-electron chi connectivity index (χ1n) is 8.45. The van der Waals surface area contributed by atoms with Crippen molar-refractivity contribution < 1.29 is 5.11 Å². The quantitative estimate of drug-likeness (QED) is 0.713. The Morgan fingerprint density at radius 1 is 1.11 bits per heavy atom. The molecule has 2 nitrogen and oxygen atoms in total. The Hall–Kier alpha value is -0.0800. The Morgan fingerprint density at radius 3 is 2.26 bits per heavy atom. The number of aliphatic hydroxyl groups is 1. The van der Waals surface area contributed by atoms with Gasteiger partial charge in [0.15, 0.2) is 0 Å². The van der Waals surface area contributed by atoms with E-state index < -0.39 is 0 Å². The van der Waals surface area contributed by atoms with Crippen LogP contribution >= 0.6 is 0 Å². The van der Waals surface area contributed by atoms with Gasteiger partial charge >= 0.3 is 0 Å². The fourth-order valence-corrected chi connectivity index (χ4v) is 3.27. The second-order valence-corrected chi connectivity index (χ2v) is 6.87. The molecule has 0 spiro atoms. The van der Waals surface area contributed by atoms with Crippen molar-refractivity contribution in [3.05, 3.63) is 0 Å². The Morgan fingerprint density at radius 2 is 1.74 bits per heavy atom. The molecule has 0 aromatic carbocycles. The van der Waals surface area contributed by atoms with Crippen molar-refractivity contribution in [1.82, 2.24) is 4.90 Å². The first-order chi connectivity index (χ1) is 9.02. The Labute approximate surface area is 120 Å². The Balaban J connectivity index is 2.50. The average molecular weight is 269 g/mol. The van der Waals surface area contributed by atoms with Crippen LogP contribution in [0.2, 0.25) is 0 Å². The highest BCUT2D eigenvalue weighted by Crippen LogP contribution is 2.29. The van der Waals surface area contributed by atoms with Gasteiger partial charge in [0.2, 0.25) is 0 Å². The van der Waals surface area contributed by atoms with Gasteiger partial charge in [-0.15, -0.1) is 0 Å². The van der Waals surface area contributed by atoms with E-state index in [4.69, 9.17) is 0 Å². The van der Waals surface area contributed by atoms with Crippen molar-refractivity contribution in [2.45, 2.75) is 90.7 Å². The molecular formula is C17H35NO. The number of unbranched alkanes of at least 4 members (excludes halogenated alkanes) is 1. The van der Waals surface area contributed by atoms with Crippen molar-refractivity contribution in [3.8, 4) is 0 Å². The first-order valence-corrected chi connectivity index (χ1v) is 8.45. The van der Waals surface area contributed by atoms with Crippen molar-refractivity contribution >= 4 is 0 Å². The van der Waals surface area contributed by atoms with E-state index in [1.165, 1.54) is 44.9 Å². The molecule has 114 valence electrons. The molecule has 2 atom stereocenters. The van der Waals surface area contributed by atoms with Crippen LogP contribution in [0, 0.1) is 5.92 Å². The zero-order chi connectivity index (χ0) is 14.3. The van der Waals surface area contributed by atoms with E-state index in [0.29, 0.717) is 5.92 Å². The summed E-state index contributed by atoms with van der Waals surface area (Å²) in [4.78, 5) is 2.51. The zero-order valence-corrected chi connectivity index (χ0v) is 13.6. The van der Waals surface area contributed by atoms with Gasteiger partial charge in [-0.3, -0.25) is 4.90 Å². The number of likely N-dealkylation sites (tertiary alicyclic amines) is 1. The lowest BCUT2D eigenvalue weighted by Crippen LogP contribution is -2.54. The fraction of sp³-hybridized carbons (Fsp3) is 1.00. The number of rotatable bonds is 8. The molecule has 0 aliphatic carbocycles. The lowest BCUT2D eigenvalue weighted by atomic mass is 9.84. The SMILES string of the molecule is CCCCC(CC)CC(O)C(C)(C)N1CCCCC1. The maximum atomic E-state index is 10.7. The molecule has 0 saturated carbocycles. The summed E-state index contributed by atoms with van der Waals surface area (Å²) in [5, 5.41) is 10.7. The van der Waals surface area contributed by atoms with Gasteiger partial charge in [0, 0.05) is 5.54 Å². The number of nitrogens with zero attached hydrogens (tertiary/aromatic N) is 1. The zero-order valence-electron chi connectivity index (χ0n) is 13.6. The summed E-state index contributed by atoms with van der Waals surface area (Å²) in [6.07, 6.45) is 9.78. The van der Waals surface area contributed by atoms with Crippen LogP contribution in [0.25, 0.3) is 0 Å². The molecular weight excluding hydrogens is 234 g/mol. The van der Waals surface area contributed by atoms with E-state index in [9.17, 15) is 5.11 Å². The summed E-state index contributed by atoms with van der Waals surface area (Å²) in [6.45, 7) is 11.3. The molecule has 1 saturated heterocycles. The molecule has 19 heavy (non-hydrogen) atoms. The molecule has 0 amide bonds. The van der Waals surface area contributed by atoms with E-state index in [2.05, 4.69) is 32.6 Å². The van der Waals surface area contributed by atoms with E-state index in [1.807, 2.05) is 0 Å². The van der Waals surface area contributed by atoms with Crippen molar-refractivity contribution in [2.75, 3.05) is 13.1 Å². The van der Waals surface area contributed by atoms with E-state index in [-0.39, 0.29) is 11.6 Å². The summed E-state index contributed by atoms with van der Waals surface area (Å²) in [6, 6.07) is 0. The summed E-state index contributed by atoms with van der Waals surface area (Å²) < 4.78 is 0. The fourth-order valence-electron chi connectivity index (χ4n) is 3.27. The number of hydrogen-bond acceptors (Lipinski definition) is 2. The van der Waals surface area contributed by atoms with Crippen LogP contribution in [0.4, 0.5) is 0 Å². The van der Waals surface area contributed by atoms with Gasteiger partial charge in [0.1, 0.15) is 0 Å². The minimum Gasteiger partial charge on any atom is -0.391 e. The topological polar surface area (TPSA) is 23.5 Å². The lowest BCUT2D eigenvalue weighted by Gasteiger charge is -2.44. The molecule has 2 unspecified atom stereocenters. The summed E-state index contributed by atoms with van der Waals surface area (Å²) in [5.41, 5.74) is -0.0555. The minimum absolute atomic E-state index is 0.0555. The monoisotopic (exact) mass is 269 g/mol. The highest BCUT2D eigenvalue weighted by atomic mass is 16.3. The number of hydrogen-bond donors (Lipinski definition) is 1. The van der Waals surface area contributed by atoms with Gasteiger partial charge < -0.3 is 5.11 Å². The molecule has 0 bridgehead atoms. The third-order valence-electron chi connectivity index (χ3n) is 5.09. The maximum absolute atomic E-state index is 10.7. The molecule has 1 fully saturated rings. The van der Waals surface area contributed by atoms with Gasteiger partial charge in [0.05, 0.1) is 6.10 Å². The highest BCUT2D eigenvalue weighted by molar-refractivity contribution is 4.91. The van der Waals surface area contributed by atoms with Crippen LogP contribution < -0.4 is 0 Å². The summed E-state index contributed by atoms with van der Waals surface area (Å²) >= 11 is 0. The first kappa shape index (κ1) is 17.0. The number of piperidine rings is 1. The third kappa shape index (κ3) is 5.07. The summed E-state index contributed by atoms with van der Waals surface area (Å²) in [5.74, 6) is 0.694. The van der Waals surface area contributed by atoms with Crippen molar-refractivity contribution in [1.29, 1.82) is 0 Å². The van der Waals surface area contributed by atoms with Gasteiger partial charge in [-0.2, -0.15) is 0 Å². The standard InChI is InChI=1S/C17H35NO/c1-5-7-11-15(6-2)14-16(19)17(3,4)18-12-9-8-10-13-18/h15-16,19H,5-14H2,1-4H3. The smallest absolute Gasteiger partial charge is 0.0721 e. The molecule has 0 radical (unpaired) electrons. The van der Waals surface area contributed by atoms with Crippen LogP contribution in [0.3, 0.4) is 0 Å². The normalized spacial score (nSPS) is 21.3. The second-order valence-electron chi connectivity index (χ2n) is 6.87. The summed E-state index contributed by atoms with van der Waals surface area (Å²) in [7, 11) is 0. The average Bonchev–Trinajstić information content (AvgIpc) is 2.44. The minimum atomic E-state index is -0.188. The number of aliphatic hydroxyl groups excluding tert-OH is 1. The maximum Gasteiger partial charge on any atom is 0.0721 e. The molecule has 2 heteroatoms. The van der Waals surface area contributed by atoms with Gasteiger partial charge in [0.25, 0.3) is 0 Å².